The Balaban J connectivity index is 0.00000529. The molecule has 0 aromatic heterocycles. The van der Waals surface area contributed by atoms with E-state index in [1.165, 1.54) is 4.90 Å². The van der Waals surface area contributed by atoms with Gasteiger partial charge in [-0.2, -0.15) is 0 Å². The number of benzene rings is 1. The Bertz CT molecular complexity index is 497. The fraction of sp³-hybridized carbons (Fsp3) is 0.529. The second kappa shape index (κ2) is 11.8. The van der Waals surface area contributed by atoms with E-state index < -0.39 is 6.04 Å². The molecule has 0 aliphatic rings. The number of nitrogens with zero attached hydrogens (tertiary/aromatic N) is 1. The summed E-state index contributed by atoms with van der Waals surface area (Å²) >= 11 is 0. The molecule has 2 amide bonds. The summed E-state index contributed by atoms with van der Waals surface area (Å²) in [6.45, 7) is 5.11. The van der Waals surface area contributed by atoms with Crippen molar-refractivity contribution in [1.29, 1.82) is 0 Å². The molecule has 0 heterocycles. The maximum absolute atomic E-state index is 11.9. The highest BCUT2D eigenvalue weighted by Gasteiger charge is 2.18. The van der Waals surface area contributed by atoms with Crippen LogP contribution < -0.4 is 11.1 Å². The number of amides is 2. The maximum Gasteiger partial charge on any atom is 0.241 e. The van der Waals surface area contributed by atoms with Crippen LogP contribution in [0, 0.1) is 5.92 Å². The molecule has 24 heavy (non-hydrogen) atoms. The molecule has 1 aromatic rings. The number of halogens is 1. The van der Waals surface area contributed by atoms with Gasteiger partial charge in [0.1, 0.15) is 0 Å². The number of nitrogens with two attached hydrogens (primary N) is 1. The first-order chi connectivity index (χ1) is 10.9. The van der Waals surface area contributed by atoms with Crippen LogP contribution in [-0.4, -0.2) is 49.5 Å². The predicted octanol–water partition coefficient (Wildman–Crippen LogP) is 1.18. The van der Waals surface area contributed by atoms with Gasteiger partial charge in [0, 0.05) is 13.6 Å². The predicted molar refractivity (Wildman–Crippen MR) is 96.8 cm³/mol. The molecule has 1 atom stereocenters. The maximum atomic E-state index is 11.9. The van der Waals surface area contributed by atoms with Gasteiger partial charge in [0.05, 0.1) is 25.8 Å². The zero-order chi connectivity index (χ0) is 17.2. The third kappa shape index (κ3) is 8.29. The molecule has 0 bridgehead atoms. The topological polar surface area (TPSA) is 84.7 Å². The lowest BCUT2D eigenvalue weighted by Gasteiger charge is -2.19. The van der Waals surface area contributed by atoms with E-state index in [1.807, 2.05) is 44.2 Å². The summed E-state index contributed by atoms with van der Waals surface area (Å²) in [5, 5.41) is 2.56. The molecule has 0 fully saturated rings. The Hall–Kier alpha value is -1.63. The van der Waals surface area contributed by atoms with Gasteiger partial charge in [-0.25, -0.2) is 0 Å². The Morgan fingerprint density at radius 3 is 2.46 bits per heavy atom. The van der Waals surface area contributed by atoms with Gasteiger partial charge < -0.3 is 20.7 Å². The zero-order valence-corrected chi connectivity index (χ0v) is 15.3. The van der Waals surface area contributed by atoms with Gasteiger partial charge in [-0.3, -0.25) is 9.59 Å². The molecule has 0 radical (unpaired) electrons. The fourth-order valence-corrected chi connectivity index (χ4v) is 1.81. The van der Waals surface area contributed by atoms with Gasteiger partial charge in [0.25, 0.3) is 0 Å². The van der Waals surface area contributed by atoms with E-state index >= 15 is 0 Å². The van der Waals surface area contributed by atoms with Crippen molar-refractivity contribution in [3.63, 3.8) is 0 Å². The number of likely N-dealkylation sites (N-methyl/N-ethyl adjacent to an activating group) is 1. The lowest BCUT2D eigenvalue weighted by Crippen LogP contribution is -2.47. The lowest BCUT2D eigenvalue weighted by molar-refractivity contribution is -0.132. The van der Waals surface area contributed by atoms with Gasteiger partial charge >= 0.3 is 0 Å². The van der Waals surface area contributed by atoms with Crippen molar-refractivity contribution in [1.82, 2.24) is 10.2 Å². The average Bonchev–Trinajstić information content (AvgIpc) is 2.56. The summed E-state index contributed by atoms with van der Waals surface area (Å²) in [4.78, 5) is 25.2. The van der Waals surface area contributed by atoms with E-state index in [0.29, 0.717) is 19.8 Å². The minimum absolute atomic E-state index is 0. The van der Waals surface area contributed by atoms with Gasteiger partial charge in [0.15, 0.2) is 0 Å². The van der Waals surface area contributed by atoms with Crippen molar-refractivity contribution in [3.8, 4) is 0 Å². The minimum atomic E-state index is -0.595. The summed E-state index contributed by atoms with van der Waals surface area (Å²) in [6, 6.07) is 9.25. The molecule has 136 valence electrons. The molecule has 0 aliphatic carbocycles. The van der Waals surface area contributed by atoms with Crippen LogP contribution in [0.25, 0.3) is 0 Å². The van der Waals surface area contributed by atoms with Crippen LogP contribution in [0.1, 0.15) is 19.4 Å². The molecule has 0 saturated carbocycles. The van der Waals surface area contributed by atoms with Gasteiger partial charge in [-0.1, -0.05) is 44.2 Å². The molecule has 0 unspecified atom stereocenters. The first kappa shape index (κ1) is 22.4. The van der Waals surface area contributed by atoms with Gasteiger partial charge in [-0.05, 0) is 11.5 Å². The summed E-state index contributed by atoms with van der Waals surface area (Å²) in [5.41, 5.74) is 6.81. The summed E-state index contributed by atoms with van der Waals surface area (Å²) in [6.07, 6.45) is 0. The second-order valence-corrected chi connectivity index (χ2v) is 5.84. The highest BCUT2D eigenvalue weighted by Crippen LogP contribution is 2.00. The molecular weight excluding hydrogens is 330 g/mol. The zero-order valence-electron chi connectivity index (χ0n) is 14.5. The van der Waals surface area contributed by atoms with Crippen LogP contribution in [-0.2, 0) is 20.9 Å². The van der Waals surface area contributed by atoms with Gasteiger partial charge in [-0.15, -0.1) is 12.4 Å². The van der Waals surface area contributed by atoms with Crippen LogP contribution in [0.3, 0.4) is 0 Å². The molecular formula is C17H28ClN3O3. The van der Waals surface area contributed by atoms with E-state index in [9.17, 15) is 9.59 Å². The molecule has 6 nitrogen and oxygen atoms in total. The Labute approximate surface area is 150 Å². The summed E-state index contributed by atoms with van der Waals surface area (Å²) in [5.74, 6) is -0.436. The molecule has 7 heteroatoms. The SMILES string of the molecule is CC(C)[C@H](N)C(=O)NCC(=O)N(C)CCOCc1ccccc1.Cl. The molecule has 1 aromatic carbocycles. The van der Waals surface area contributed by atoms with Crippen LogP contribution in [0.15, 0.2) is 30.3 Å². The van der Waals surface area contributed by atoms with E-state index in [1.54, 1.807) is 7.05 Å². The number of hydrogen-bond donors (Lipinski definition) is 2. The standard InChI is InChI=1S/C17H27N3O3.ClH/c1-13(2)16(18)17(22)19-11-15(21)20(3)9-10-23-12-14-7-5-4-6-8-14;/h4-8,13,16H,9-12,18H2,1-3H3,(H,19,22);1H/t16-;/m0./s1. The van der Waals surface area contributed by atoms with E-state index in [4.69, 9.17) is 10.5 Å². The highest BCUT2D eigenvalue weighted by atomic mass is 35.5. The van der Waals surface area contributed by atoms with E-state index in [2.05, 4.69) is 5.32 Å². The van der Waals surface area contributed by atoms with Crippen molar-refractivity contribution in [2.45, 2.75) is 26.5 Å². The van der Waals surface area contributed by atoms with Gasteiger partial charge in [0.2, 0.25) is 11.8 Å². The third-order valence-electron chi connectivity index (χ3n) is 3.54. The smallest absolute Gasteiger partial charge is 0.241 e. The van der Waals surface area contributed by atoms with Crippen molar-refractivity contribution in [3.05, 3.63) is 35.9 Å². The number of rotatable bonds is 9. The van der Waals surface area contributed by atoms with Crippen LogP contribution in [0.4, 0.5) is 0 Å². The third-order valence-corrected chi connectivity index (χ3v) is 3.54. The van der Waals surface area contributed by atoms with Crippen molar-refractivity contribution >= 4 is 24.2 Å². The monoisotopic (exact) mass is 357 g/mol. The number of hydrogen-bond acceptors (Lipinski definition) is 4. The van der Waals surface area contributed by atoms with Crippen LogP contribution >= 0.6 is 12.4 Å². The Morgan fingerprint density at radius 1 is 1.25 bits per heavy atom. The summed E-state index contributed by atoms with van der Waals surface area (Å²) in [7, 11) is 1.68. The Kier molecular flexibility index (Phi) is 11.0. The average molecular weight is 358 g/mol. The summed E-state index contributed by atoms with van der Waals surface area (Å²) < 4.78 is 5.53. The number of nitrogens with one attached hydrogen (secondary N) is 1. The molecule has 3 N–H and O–H groups in total. The minimum Gasteiger partial charge on any atom is -0.375 e. The first-order valence-electron chi connectivity index (χ1n) is 7.80. The van der Waals surface area contributed by atoms with Crippen molar-refractivity contribution < 1.29 is 14.3 Å². The number of ether oxygens (including phenoxy) is 1. The van der Waals surface area contributed by atoms with Crippen LogP contribution in [0.5, 0.6) is 0 Å². The largest absolute Gasteiger partial charge is 0.375 e. The van der Waals surface area contributed by atoms with Crippen molar-refractivity contribution in [2.24, 2.45) is 11.7 Å². The molecule has 0 aliphatic heterocycles. The van der Waals surface area contributed by atoms with E-state index in [0.717, 1.165) is 5.56 Å². The Morgan fingerprint density at radius 2 is 1.88 bits per heavy atom. The number of carbonyl (C=O) groups excluding carboxylic acids is 2. The molecule has 0 spiro atoms. The first-order valence-corrected chi connectivity index (χ1v) is 7.80. The number of carbonyl (C=O) groups is 2. The quantitative estimate of drug-likeness (QED) is 0.650. The fourth-order valence-electron chi connectivity index (χ4n) is 1.81. The lowest BCUT2D eigenvalue weighted by atomic mass is 10.1. The molecule has 0 saturated heterocycles. The highest BCUT2D eigenvalue weighted by molar-refractivity contribution is 5.87. The van der Waals surface area contributed by atoms with Crippen LogP contribution in [0.2, 0.25) is 0 Å². The van der Waals surface area contributed by atoms with E-state index in [-0.39, 0.29) is 36.7 Å². The molecule has 1 rings (SSSR count). The second-order valence-electron chi connectivity index (χ2n) is 5.84. The normalized spacial score (nSPS) is 11.5. The van der Waals surface area contributed by atoms with Crippen molar-refractivity contribution in [2.75, 3.05) is 26.7 Å².